The van der Waals surface area contributed by atoms with Gasteiger partial charge in [0.15, 0.2) is 0 Å². The van der Waals surface area contributed by atoms with Crippen molar-refractivity contribution in [1.82, 2.24) is 15.0 Å². The minimum atomic E-state index is -2.03. The molecule has 0 radical (unpaired) electrons. The van der Waals surface area contributed by atoms with Crippen LogP contribution < -0.4 is 0 Å². The van der Waals surface area contributed by atoms with Gasteiger partial charge in [0.1, 0.15) is 9.85 Å². The normalized spacial score (nSPS) is 10.3. The summed E-state index contributed by atoms with van der Waals surface area (Å²) in [6.45, 7) is 0. The number of hydrogen-bond donors (Lipinski definition) is 0. The summed E-state index contributed by atoms with van der Waals surface area (Å²) in [5.41, 5.74) is -0.280. The first-order chi connectivity index (χ1) is 6.02. The predicted molar refractivity (Wildman–Crippen MR) is 37.7 cm³/mol. The number of nitrogens with zero attached hydrogens (tertiary/aromatic N) is 5. The number of hydrogen-bond acceptors (Lipinski definition) is 6. The van der Waals surface area contributed by atoms with E-state index in [1.807, 2.05) is 0 Å². The molecule has 0 aromatic carbocycles. The van der Waals surface area contributed by atoms with E-state index in [-0.39, 0.29) is 5.69 Å². The smallest absolute Gasteiger partial charge is 0.258 e. The van der Waals surface area contributed by atoms with Gasteiger partial charge < -0.3 is 0 Å². The minimum Gasteiger partial charge on any atom is -0.258 e. The summed E-state index contributed by atoms with van der Waals surface area (Å²) in [6, 6.07) is 0. The zero-order valence-electron chi connectivity index (χ0n) is 6.52. The molecule has 0 saturated carbocycles. The van der Waals surface area contributed by atoms with Gasteiger partial charge >= 0.3 is 6.17 Å². The van der Waals surface area contributed by atoms with E-state index in [1.165, 1.54) is 7.05 Å². The Morgan fingerprint density at radius 1 is 1.46 bits per heavy atom. The van der Waals surface area contributed by atoms with Crippen molar-refractivity contribution >= 4 is 0 Å². The van der Waals surface area contributed by atoms with E-state index in [9.17, 15) is 20.2 Å². The summed E-state index contributed by atoms with van der Waals surface area (Å²) >= 11 is 0. The quantitative estimate of drug-likeness (QED) is 0.353. The second-order valence-corrected chi connectivity index (χ2v) is 2.20. The van der Waals surface area contributed by atoms with Crippen LogP contribution >= 0.6 is 0 Å². The summed E-state index contributed by atoms with van der Waals surface area (Å²) in [6.07, 6.45) is -1.04. The van der Waals surface area contributed by atoms with Gasteiger partial charge in [0.05, 0.1) is 6.20 Å². The Kier molecular flexibility index (Phi) is 2.17. The van der Waals surface area contributed by atoms with E-state index in [0.717, 1.165) is 11.0 Å². The highest BCUT2D eigenvalue weighted by Crippen LogP contribution is 2.12. The molecule has 0 saturated heterocycles. The maximum absolute atomic E-state index is 10.2. The summed E-state index contributed by atoms with van der Waals surface area (Å²) in [5, 5.41) is 27.4. The molecule has 0 aliphatic rings. The van der Waals surface area contributed by atoms with Crippen molar-refractivity contribution in [3.63, 3.8) is 0 Å². The molecule has 1 aromatic heterocycles. The molecule has 9 heteroatoms. The van der Waals surface area contributed by atoms with Crippen LogP contribution in [-0.4, -0.2) is 24.8 Å². The van der Waals surface area contributed by atoms with E-state index in [1.54, 1.807) is 0 Å². The molecular weight excluding hydrogens is 182 g/mol. The Morgan fingerprint density at radius 2 is 2.00 bits per heavy atom. The van der Waals surface area contributed by atoms with Gasteiger partial charge in [0.2, 0.25) is 5.69 Å². The Bertz CT molecular complexity index is 332. The lowest BCUT2D eigenvalue weighted by Crippen LogP contribution is -2.20. The molecule has 0 amide bonds. The molecule has 0 fully saturated rings. The highest BCUT2D eigenvalue weighted by molar-refractivity contribution is 4.92. The van der Waals surface area contributed by atoms with Crippen molar-refractivity contribution in [1.29, 1.82) is 0 Å². The number of aromatic nitrogens is 3. The fourth-order valence-corrected chi connectivity index (χ4v) is 0.773. The first-order valence-corrected chi connectivity index (χ1v) is 3.15. The molecule has 1 aromatic rings. The van der Waals surface area contributed by atoms with E-state index in [2.05, 4.69) is 10.2 Å². The van der Waals surface area contributed by atoms with Gasteiger partial charge in [0.25, 0.3) is 0 Å². The first-order valence-electron chi connectivity index (χ1n) is 3.15. The third kappa shape index (κ3) is 1.75. The number of aryl methyl sites for hydroxylation is 1. The van der Waals surface area contributed by atoms with Crippen molar-refractivity contribution in [2.45, 2.75) is 6.17 Å². The van der Waals surface area contributed by atoms with Crippen molar-refractivity contribution in [2.75, 3.05) is 0 Å². The molecule has 0 aliphatic heterocycles. The standard InChI is InChI=1S/C4H5N5O4/c1-7-5-2-3(6-7)4(8(10)11)9(12)13/h2,4H,1H3. The molecule has 0 spiro atoms. The fourth-order valence-electron chi connectivity index (χ4n) is 0.773. The van der Waals surface area contributed by atoms with Crippen LogP contribution in [-0.2, 0) is 7.05 Å². The summed E-state index contributed by atoms with van der Waals surface area (Å²) < 4.78 is 0. The van der Waals surface area contributed by atoms with Crippen molar-refractivity contribution < 1.29 is 9.85 Å². The highest BCUT2D eigenvalue weighted by Gasteiger charge is 2.37. The van der Waals surface area contributed by atoms with Gasteiger partial charge in [-0.05, 0) is 0 Å². The van der Waals surface area contributed by atoms with Crippen molar-refractivity contribution in [3.05, 3.63) is 32.1 Å². The van der Waals surface area contributed by atoms with E-state index in [4.69, 9.17) is 0 Å². The number of nitro groups is 2. The molecule has 1 heterocycles. The maximum Gasteiger partial charge on any atom is 0.496 e. The lowest BCUT2D eigenvalue weighted by molar-refractivity contribution is -0.753. The van der Waals surface area contributed by atoms with Crippen LogP contribution in [0.25, 0.3) is 0 Å². The van der Waals surface area contributed by atoms with Gasteiger partial charge in [-0.3, -0.25) is 20.2 Å². The maximum atomic E-state index is 10.2. The van der Waals surface area contributed by atoms with Gasteiger partial charge in [-0.15, -0.1) is 5.10 Å². The van der Waals surface area contributed by atoms with Gasteiger partial charge in [-0.1, -0.05) is 0 Å². The molecule has 0 N–H and O–H groups in total. The molecule has 13 heavy (non-hydrogen) atoms. The molecule has 0 atom stereocenters. The Morgan fingerprint density at radius 3 is 2.31 bits per heavy atom. The third-order valence-electron chi connectivity index (χ3n) is 1.28. The fraction of sp³-hybridized carbons (Fsp3) is 0.500. The summed E-state index contributed by atoms with van der Waals surface area (Å²) in [7, 11) is 1.42. The van der Waals surface area contributed by atoms with E-state index < -0.39 is 16.0 Å². The van der Waals surface area contributed by atoms with Crippen molar-refractivity contribution in [3.8, 4) is 0 Å². The summed E-state index contributed by atoms with van der Waals surface area (Å²) in [5.74, 6) is 0. The SMILES string of the molecule is Cn1ncc(C([N+](=O)[O-])[N+](=O)[O-])n1. The molecule has 70 valence electrons. The summed E-state index contributed by atoms with van der Waals surface area (Å²) in [4.78, 5) is 19.5. The Balaban J connectivity index is 3.02. The van der Waals surface area contributed by atoms with Crippen LogP contribution in [0, 0.1) is 20.2 Å². The average molecular weight is 187 g/mol. The molecule has 1 rings (SSSR count). The molecule has 0 unspecified atom stereocenters. The van der Waals surface area contributed by atoms with Crippen LogP contribution in [0.4, 0.5) is 0 Å². The molecule has 9 nitrogen and oxygen atoms in total. The van der Waals surface area contributed by atoms with Crippen molar-refractivity contribution in [2.24, 2.45) is 7.05 Å². The Labute approximate surface area is 71.3 Å². The second kappa shape index (κ2) is 3.13. The predicted octanol–water partition coefficient (Wildman–Crippen LogP) is -0.633. The first kappa shape index (κ1) is 9.03. The van der Waals surface area contributed by atoms with Crippen LogP contribution in [0.1, 0.15) is 11.9 Å². The number of rotatable bonds is 3. The van der Waals surface area contributed by atoms with Gasteiger partial charge in [-0.2, -0.15) is 9.90 Å². The van der Waals surface area contributed by atoms with E-state index in [0.29, 0.717) is 0 Å². The largest absolute Gasteiger partial charge is 0.496 e. The monoisotopic (exact) mass is 187 g/mol. The third-order valence-corrected chi connectivity index (χ3v) is 1.28. The van der Waals surface area contributed by atoms with Gasteiger partial charge in [-0.25, -0.2) is 0 Å². The van der Waals surface area contributed by atoms with Crippen LogP contribution in [0.5, 0.6) is 0 Å². The minimum absolute atomic E-state index is 0.280. The zero-order valence-corrected chi connectivity index (χ0v) is 6.52. The van der Waals surface area contributed by atoms with Gasteiger partial charge in [0, 0.05) is 7.05 Å². The topological polar surface area (TPSA) is 117 Å². The Hall–Kier alpha value is -2.06. The van der Waals surface area contributed by atoms with E-state index >= 15 is 0 Å². The molecular formula is C4H5N5O4. The molecule has 0 aliphatic carbocycles. The zero-order chi connectivity index (χ0) is 10.0. The van der Waals surface area contributed by atoms with Crippen LogP contribution in [0.2, 0.25) is 0 Å². The van der Waals surface area contributed by atoms with Crippen LogP contribution in [0.3, 0.4) is 0 Å². The highest BCUT2D eigenvalue weighted by atomic mass is 16.7. The lowest BCUT2D eigenvalue weighted by atomic mass is 10.4. The average Bonchev–Trinajstić information content (AvgIpc) is 2.34. The van der Waals surface area contributed by atoms with Crippen LogP contribution in [0.15, 0.2) is 6.20 Å². The lowest BCUT2D eigenvalue weighted by Gasteiger charge is -1.95. The molecule has 0 bridgehead atoms. The second-order valence-electron chi connectivity index (χ2n) is 2.20.